The zero-order valence-corrected chi connectivity index (χ0v) is 14.0. The Hall–Kier alpha value is -2.31. The van der Waals surface area contributed by atoms with Gasteiger partial charge in [0.1, 0.15) is 6.04 Å². The number of nitrogens with one attached hydrogen (secondary N) is 1. The number of alkyl halides is 3. The van der Waals surface area contributed by atoms with Crippen LogP contribution in [-0.4, -0.2) is 35.8 Å². The molecule has 2 amide bonds. The van der Waals surface area contributed by atoms with Crippen molar-refractivity contribution in [2.45, 2.75) is 32.0 Å². The predicted molar refractivity (Wildman–Crippen MR) is 87.6 cm³/mol. The summed E-state index contributed by atoms with van der Waals surface area (Å²) in [6.45, 7) is 6.10. The summed E-state index contributed by atoms with van der Waals surface area (Å²) in [4.78, 5) is 25.6. The highest BCUT2D eigenvalue weighted by Crippen LogP contribution is 2.29. The number of hydrogen-bond acceptors (Lipinski definition) is 2. The van der Waals surface area contributed by atoms with Crippen LogP contribution in [0.2, 0.25) is 0 Å². The number of amides is 2. The Balaban J connectivity index is 1.92. The minimum Gasteiger partial charge on any atom is -0.354 e. The summed E-state index contributed by atoms with van der Waals surface area (Å²) in [6.07, 6.45) is -2.35. The van der Waals surface area contributed by atoms with Crippen molar-refractivity contribution in [1.82, 2.24) is 10.2 Å². The molecule has 7 heteroatoms. The van der Waals surface area contributed by atoms with E-state index < -0.39 is 17.8 Å². The van der Waals surface area contributed by atoms with E-state index in [1.165, 1.54) is 17.0 Å². The van der Waals surface area contributed by atoms with Crippen molar-refractivity contribution in [2.75, 3.05) is 13.1 Å². The Bertz CT molecular complexity index is 658. The van der Waals surface area contributed by atoms with Crippen LogP contribution in [0, 0.1) is 5.92 Å². The summed E-state index contributed by atoms with van der Waals surface area (Å²) in [5.41, 5.74) is -0.211. The molecule has 0 unspecified atom stereocenters. The molecule has 25 heavy (non-hydrogen) atoms. The van der Waals surface area contributed by atoms with Gasteiger partial charge in [-0.1, -0.05) is 31.7 Å². The molecule has 0 saturated carbocycles. The third-order valence-corrected chi connectivity index (χ3v) is 4.24. The van der Waals surface area contributed by atoms with E-state index in [0.717, 1.165) is 12.1 Å². The van der Waals surface area contributed by atoms with Gasteiger partial charge in [-0.05, 0) is 36.5 Å². The summed E-state index contributed by atoms with van der Waals surface area (Å²) in [6, 6.07) is 4.48. The van der Waals surface area contributed by atoms with E-state index >= 15 is 0 Å². The highest BCUT2D eigenvalue weighted by molar-refractivity contribution is 5.93. The number of carbonyl (C=O) groups is 2. The van der Waals surface area contributed by atoms with E-state index in [9.17, 15) is 22.8 Å². The third kappa shape index (κ3) is 4.84. The second-order valence-electron chi connectivity index (χ2n) is 6.29. The topological polar surface area (TPSA) is 49.4 Å². The molecule has 0 radical (unpaired) electrons. The summed E-state index contributed by atoms with van der Waals surface area (Å²) < 4.78 is 38.1. The maximum absolute atomic E-state index is 12.7. The first-order valence-corrected chi connectivity index (χ1v) is 8.09. The van der Waals surface area contributed by atoms with Crippen LogP contribution in [0.1, 0.15) is 24.5 Å². The van der Waals surface area contributed by atoms with E-state index in [-0.39, 0.29) is 30.7 Å². The third-order valence-electron chi connectivity index (χ3n) is 4.24. The maximum Gasteiger partial charge on any atom is 0.416 e. The molecule has 0 aliphatic carbocycles. The number of rotatable bonds is 5. The van der Waals surface area contributed by atoms with Gasteiger partial charge >= 0.3 is 6.18 Å². The van der Waals surface area contributed by atoms with Crippen LogP contribution in [0.3, 0.4) is 0 Å². The first kappa shape index (κ1) is 19.0. The zero-order chi connectivity index (χ0) is 18.6. The maximum atomic E-state index is 12.7. The lowest BCUT2D eigenvalue weighted by Crippen LogP contribution is -2.45. The van der Waals surface area contributed by atoms with Crippen LogP contribution in [0.25, 0.3) is 0 Å². The molecule has 1 aromatic rings. The van der Waals surface area contributed by atoms with Crippen LogP contribution in [0.4, 0.5) is 13.2 Å². The van der Waals surface area contributed by atoms with Crippen LogP contribution in [0.15, 0.2) is 36.9 Å². The number of benzene rings is 1. The lowest BCUT2D eigenvalue weighted by Gasteiger charge is -2.22. The van der Waals surface area contributed by atoms with E-state index in [2.05, 4.69) is 11.9 Å². The minimum absolute atomic E-state index is 0.209. The molecule has 136 valence electrons. The van der Waals surface area contributed by atoms with Crippen LogP contribution in [0.5, 0.6) is 0 Å². The molecule has 1 aliphatic rings. The van der Waals surface area contributed by atoms with Gasteiger partial charge in [0, 0.05) is 13.1 Å². The quantitative estimate of drug-likeness (QED) is 0.827. The van der Waals surface area contributed by atoms with Crippen molar-refractivity contribution >= 4 is 11.8 Å². The summed E-state index contributed by atoms with van der Waals surface area (Å²) in [5.74, 6) is -0.364. The summed E-state index contributed by atoms with van der Waals surface area (Å²) >= 11 is 0. The van der Waals surface area contributed by atoms with Gasteiger partial charge in [-0.15, -0.1) is 0 Å². The molecule has 4 nitrogen and oxygen atoms in total. The van der Waals surface area contributed by atoms with Crippen molar-refractivity contribution in [3.05, 3.63) is 48.0 Å². The molecular weight excluding hydrogens is 333 g/mol. The zero-order valence-electron chi connectivity index (χ0n) is 14.0. The smallest absolute Gasteiger partial charge is 0.354 e. The van der Waals surface area contributed by atoms with Crippen molar-refractivity contribution in [2.24, 2.45) is 5.92 Å². The molecule has 1 saturated heterocycles. The number of halogens is 3. The van der Waals surface area contributed by atoms with Crippen molar-refractivity contribution in [3.63, 3.8) is 0 Å². The number of carbonyl (C=O) groups excluding carboxylic acids is 2. The first-order chi connectivity index (χ1) is 11.7. The van der Waals surface area contributed by atoms with Gasteiger partial charge < -0.3 is 10.2 Å². The Labute approximate surface area is 144 Å². The monoisotopic (exact) mass is 354 g/mol. The highest BCUT2D eigenvalue weighted by Gasteiger charge is 2.36. The largest absolute Gasteiger partial charge is 0.416 e. The highest BCUT2D eigenvalue weighted by atomic mass is 19.4. The SMILES string of the molecule is C=CC(=O)N1C[C@H](C)C[C@H]1C(=O)NCCc1cccc(C(F)(F)F)c1. The average Bonchev–Trinajstić information content (AvgIpc) is 2.95. The number of nitrogens with zero attached hydrogens (tertiary/aromatic N) is 1. The van der Waals surface area contributed by atoms with Gasteiger partial charge in [-0.3, -0.25) is 9.59 Å². The molecule has 0 bridgehead atoms. The minimum atomic E-state index is -4.38. The van der Waals surface area contributed by atoms with Gasteiger partial charge in [-0.2, -0.15) is 13.2 Å². The molecule has 2 atom stereocenters. The number of likely N-dealkylation sites (tertiary alicyclic amines) is 1. The van der Waals surface area contributed by atoms with E-state index in [1.807, 2.05) is 6.92 Å². The van der Waals surface area contributed by atoms with Crippen LogP contribution in [-0.2, 0) is 22.2 Å². The van der Waals surface area contributed by atoms with Crippen molar-refractivity contribution < 1.29 is 22.8 Å². The molecule has 0 aromatic heterocycles. The Morgan fingerprint density at radius 1 is 1.40 bits per heavy atom. The fraction of sp³-hybridized carbons (Fsp3) is 0.444. The Morgan fingerprint density at radius 3 is 2.76 bits per heavy atom. The van der Waals surface area contributed by atoms with Crippen LogP contribution < -0.4 is 5.32 Å². The standard InChI is InChI=1S/C18H21F3N2O2/c1-3-16(24)23-11-12(2)9-15(23)17(25)22-8-7-13-5-4-6-14(10-13)18(19,20)21/h3-6,10,12,15H,1,7-9,11H2,2H3,(H,22,25)/t12-,15+/m1/s1. The predicted octanol–water partition coefficient (Wildman–Crippen LogP) is 2.79. The fourth-order valence-corrected chi connectivity index (χ4v) is 3.01. The second-order valence-corrected chi connectivity index (χ2v) is 6.29. The van der Waals surface area contributed by atoms with Gasteiger partial charge in [-0.25, -0.2) is 0 Å². The summed E-state index contributed by atoms with van der Waals surface area (Å²) in [5, 5.41) is 2.71. The molecular formula is C18H21F3N2O2. The normalized spacial score (nSPS) is 20.4. The Kier molecular flexibility index (Phi) is 5.87. The molecule has 0 spiro atoms. The molecule has 1 fully saturated rings. The van der Waals surface area contributed by atoms with Gasteiger partial charge in [0.05, 0.1) is 5.56 Å². The molecule has 1 aromatic carbocycles. The molecule has 2 rings (SSSR count). The average molecular weight is 354 g/mol. The molecule has 1 aliphatic heterocycles. The lowest BCUT2D eigenvalue weighted by molar-refractivity contribution is -0.137. The van der Waals surface area contributed by atoms with E-state index in [4.69, 9.17) is 0 Å². The van der Waals surface area contributed by atoms with E-state index in [1.54, 1.807) is 6.07 Å². The first-order valence-electron chi connectivity index (χ1n) is 8.09. The van der Waals surface area contributed by atoms with Crippen LogP contribution >= 0.6 is 0 Å². The summed E-state index contributed by atoms with van der Waals surface area (Å²) in [7, 11) is 0. The van der Waals surface area contributed by atoms with Crippen molar-refractivity contribution in [3.8, 4) is 0 Å². The molecule has 1 heterocycles. The van der Waals surface area contributed by atoms with E-state index in [0.29, 0.717) is 18.5 Å². The Morgan fingerprint density at radius 2 is 2.12 bits per heavy atom. The lowest BCUT2D eigenvalue weighted by atomic mass is 10.1. The second kappa shape index (κ2) is 7.72. The van der Waals surface area contributed by atoms with Gasteiger partial charge in [0.2, 0.25) is 11.8 Å². The van der Waals surface area contributed by atoms with Gasteiger partial charge in [0.15, 0.2) is 0 Å². The van der Waals surface area contributed by atoms with Gasteiger partial charge in [0.25, 0.3) is 0 Å². The fourth-order valence-electron chi connectivity index (χ4n) is 3.01. The number of hydrogen-bond donors (Lipinski definition) is 1. The van der Waals surface area contributed by atoms with Crippen molar-refractivity contribution in [1.29, 1.82) is 0 Å². The molecule has 1 N–H and O–H groups in total.